The van der Waals surface area contributed by atoms with Gasteiger partial charge in [0.15, 0.2) is 0 Å². The Labute approximate surface area is 201 Å². The number of nitrogens with zero attached hydrogens (tertiary/aromatic N) is 3. The fourth-order valence-electron chi connectivity index (χ4n) is 4.30. The van der Waals surface area contributed by atoms with Crippen molar-refractivity contribution in [2.45, 2.75) is 43.9 Å². The molecule has 1 aliphatic carbocycles. The molecule has 0 bridgehead atoms. The molecule has 0 saturated heterocycles. The number of aromatic nitrogens is 2. The molecule has 1 aliphatic rings. The summed E-state index contributed by atoms with van der Waals surface area (Å²) in [5.74, 6) is 0.690. The molecule has 182 valence electrons. The molecule has 4 N–H and O–H groups in total. The number of benzene rings is 1. The maximum atomic E-state index is 12.8. The van der Waals surface area contributed by atoms with Crippen molar-refractivity contribution >= 4 is 33.1 Å². The first kappa shape index (κ1) is 24.4. The van der Waals surface area contributed by atoms with Crippen molar-refractivity contribution in [3.8, 4) is 0 Å². The van der Waals surface area contributed by atoms with E-state index in [1.807, 2.05) is 43.6 Å². The molecule has 0 spiro atoms. The lowest BCUT2D eigenvalue weighted by molar-refractivity contribution is -0.126. The van der Waals surface area contributed by atoms with Gasteiger partial charge in [0.25, 0.3) is 0 Å². The van der Waals surface area contributed by atoms with E-state index in [4.69, 9.17) is 5.73 Å². The highest BCUT2D eigenvalue weighted by atomic mass is 32.1. The number of nitrogens with two attached hydrogens (primary N) is 1. The van der Waals surface area contributed by atoms with Crippen molar-refractivity contribution < 1.29 is 13.2 Å². The molecule has 1 saturated carbocycles. The zero-order chi connectivity index (χ0) is 24.1. The minimum atomic E-state index is -4.24. The van der Waals surface area contributed by atoms with Gasteiger partial charge in [-0.3, -0.25) is 0 Å². The van der Waals surface area contributed by atoms with E-state index < -0.39 is 12.6 Å². The van der Waals surface area contributed by atoms with Gasteiger partial charge >= 0.3 is 6.18 Å². The first-order valence-electron chi connectivity index (χ1n) is 11.3. The van der Waals surface area contributed by atoms with Crippen molar-refractivity contribution in [2.24, 2.45) is 5.73 Å². The maximum Gasteiger partial charge on any atom is 0.393 e. The minimum absolute atomic E-state index is 0.245. The molecule has 1 fully saturated rings. The van der Waals surface area contributed by atoms with Gasteiger partial charge in [0.1, 0.15) is 17.0 Å². The number of hydrogen-bond acceptors (Lipinski definition) is 7. The van der Waals surface area contributed by atoms with E-state index in [9.17, 15) is 13.2 Å². The van der Waals surface area contributed by atoms with E-state index in [-0.39, 0.29) is 10.9 Å². The average molecular weight is 491 g/mol. The van der Waals surface area contributed by atoms with Gasteiger partial charge < -0.3 is 21.3 Å². The van der Waals surface area contributed by atoms with Gasteiger partial charge in [0.05, 0.1) is 11.8 Å². The minimum Gasteiger partial charge on any atom is -0.362 e. The topological polar surface area (TPSA) is 79.1 Å². The van der Waals surface area contributed by atoms with Gasteiger partial charge in [0.2, 0.25) is 0 Å². The molecule has 1 aromatic carbocycles. The Morgan fingerprint density at radius 3 is 2.76 bits per heavy atom. The van der Waals surface area contributed by atoms with Gasteiger partial charge in [-0.1, -0.05) is 18.2 Å². The van der Waals surface area contributed by atoms with Crippen LogP contribution in [0.4, 0.5) is 24.7 Å². The maximum absolute atomic E-state index is 12.8. The molecule has 2 aromatic heterocycles. The normalized spacial score (nSPS) is 19.0. The third-order valence-corrected chi connectivity index (χ3v) is 7.16. The summed E-state index contributed by atoms with van der Waals surface area (Å²) in [6.07, 6.45) is 1.12. The molecule has 0 aliphatic heterocycles. The number of para-hydroxylation sites is 1. The predicted octanol–water partition coefficient (Wildman–Crippen LogP) is 4.70. The fourth-order valence-corrected chi connectivity index (χ4v) is 5.32. The zero-order valence-corrected chi connectivity index (χ0v) is 19.8. The van der Waals surface area contributed by atoms with Crippen LogP contribution in [-0.2, 0) is 6.42 Å². The molecule has 2 atom stereocenters. The van der Waals surface area contributed by atoms with Crippen LogP contribution < -0.4 is 21.3 Å². The van der Waals surface area contributed by atoms with Gasteiger partial charge in [-0.05, 0) is 43.0 Å². The van der Waals surface area contributed by atoms with Crippen LogP contribution in [0.3, 0.4) is 0 Å². The van der Waals surface area contributed by atoms with E-state index in [0.717, 1.165) is 41.9 Å². The molecule has 6 nitrogen and oxygen atoms in total. The number of anilines is 2. The van der Waals surface area contributed by atoms with E-state index in [1.54, 1.807) is 6.07 Å². The van der Waals surface area contributed by atoms with Crippen molar-refractivity contribution in [3.63, 3.8) is 0 Å². The highest BCUT2D eigenvalue weighted by molar-refractivity contribution is 7.18. The highest BCUT2D eigenvalue weighted by Gasteiger charge is 2.31. The summed E-state index contributed by atoms with van der Waals surface area (Å²) < 4.78 is 38.5. The third-order valence-electron chi connectivity index (χ3n) is 6.12. The molecular weight excluding hydrogens is 461 g/mol. The SMILES string of the molecule is CN(c1ncnc2sc(CC(F)(F)F)cc12)[C@@H]1CC[C@H](NC/C(=C/Nc2ccccc2)CN)C1. The quantitative estimate of drug-likeness (QED) is 0.404. The van der Waals surface area contributed by atoms with Gasteiger partial charge in [-0.2, -0.15) is 13.2 Å². The second-order valence-corrected chi connectivity index (χ2v) is 9.71. The van der Waals surface area contributed by atoms with Crippen LogP contribution in [0, 0.1) is 0 Å². The lowest BCUT2D eigenvalue weighted by atomic mass is 10.2. The molecule has 10 heteroatoms. The molecular formula is C24H29F3N6S. The summed E-state index contributed by atoms with van der Waals surface area (Å²) in [5.41, 5.74) is 8.02. The molecule has 34 heavy (non-hydrogen) atoms. The van der Waals surface area contributed by atoms with Crippen molar-refractivity contribution in [1.82, 2.24) is 15.3 Å². The van der Waals surface area contributed by atoms with Gasteiger partial charge in [-0.15, -0.1) is 11.3 Å². The number of rotatable bonds is 9. The number of thiophene rings is 1. The largest absolute Gasteiger partial charge is 0.393 e. The standard InChI is InChI=1S/C24H29F3N6S/c1-33(22-21-10-20(11-24(25,26)27)34-23(21)32-15-31-22)19-8-7-18(9-19)30-14-16(12-28)13-29-17-5-3-2-4-6-17/h2-6,10,13,15,18-19,29-30H,7-9,11-12,14,28H2,1H3/b16-13+/t18-,19+/m0/s1. The lowest BCUT2D eigenvalue weighted by Gasteiger charge is -2.26. The summed E-state index contributed by atoms with van der Waals surface area (Å²) in [5, 5.41) is 7.57. The van der Waals surface area contributed by atoms with Crippen LogP contribution >= 0.6 is 11.3 Å². The van der Waals surface area contributed by atoms with E-state index in [0.29, 0.717) is 35.2 Å². The predicted molar refractivity (Wildman–Crippen MR) is 132 cm³/mol. The molecule has 4 rings (SSSR count). The number of alkyl halides is 3. The van der Waals surface area contributed by atoms with Crippen LogP contribution in [0.1, 0.15) is 24.1 Å². The molecule has 0 radical (unpaired) electrons. The molecule has 0 unspecified atom stereocenters. The van der Waals surface area contributed by atoms with Crippen LogP contribution in [-0.4, -0.2) is 48.4 Å². The lowest BCUT2D eigenvalue weighted by Crippen LogP contribution is -2.34. The van der Waals surface area contributed by atoms with E-state index in [1.165, 1.54) is 6.33 Å². The Morgan fingerprint density at radius 1 is 1.24 bits per heavy atom. The first-order chi connectivity index (χ1) is 16.3. The smallest absolute Gasteiger partial charge is 0.362 e. The number of nitrogens with one attached hydrogen (secondary N) is 2. The van der Waals surface area contributed by atoms with Crippen molar-refractivity contribution in [2.75, 3.05) is 30.4 Å². The second kappa shape index (κ2) is 10.7. The third kappa shape index (κ3) is 6.25. The Hall–Kier alpha value is -2.69. The average Bonchev–Trinajstić information content (AvgIpc) is 3.44. The van der Waals surface area contributed by atoms with Gasteiger partial charge in [-0.25, -0.2) is 9.97 Å². The van der Waals surface area contributed by atoms with Crippen LogP contribution in [0.15, 0.2) is 54.5 Å². The fraction of sp³-hybridized carbons (Fsp3) is 0.417. The second-order valence-electron chi connectivity index (χ2n) is 8.59. The molecule has 2 heterocycles. The van der Waals surface area contributed by atoms with Crippen LogP contribution in [0.2, 0.25) is 0 Å². The number of halogens is 3. The van der Waals surface area contributed by atoms with Gasteiger partial charge in [0, 0.05) is 49.0 Å². The summed E-state index contributed by atoms with van der Waals surface area (Å²) >= 11 is 1.08. The molecule has 3 aromatic rings. The summed E-state index contributed by atoms with van der Waals surface area (Å²) in [6.45, 7) is 1.15. The first-order valence-corrected chi connectivity index (χ1v) is 12.1. The Morgan fingerprint density at radius 2 is 2.03 bits per heavy atom. The summed E-state index contributed by atoms with van der Waals surface area (Å²) in [6, 6.07) is 12.1. The number of fused-ring (bicyclic) bond motifs is 1. The van der Waals surface area contributed by atoms with Crippen molar-refractivity contribution in [3.05, 3.63) is 59.4 Å². The van der Waals surface area contributed by atoms with E-state index >= 15 is 0 Å². The summed E-state index contributed by atoms with van der Waals surface area (Å²) in [7, 11) is 1.96. The summed E-state index contributed by atoms with van der Waals surface area (Å²) in [4.78, 5) is 11.5. The Kier molecular flexibility index (Phi) is 7.70. The highest BCUT2D eigenvalue weighted by Crippen LogP contribution is 2.35. The van der Waals surface area contributed by atoms with Crippen LogP contribution in [0.5, 0.6) is 0 Å². The van der Waals surface area contributed by atoms with Crippen molar-refractivity contribution in [1.29, 1.82) is 0 Å². The monoisotopic (exact) mass is 490 g/mol. The Bertz CT molecular complexity index is 1110. The Balaban J connectivity index is 1.36. The molecule has 0 amide bonds. The van der Waals surface area contributed by atoms with Crippen LogP contribution in [0.25, 0.3) is 10.2 Å². The number of hydrogen-bond donors (Lipinski definition) is 3. The zero-order valence-electron chi connectivity index (χ0n) is 19.0. The van der Waals surface area contributed by atoms with E-state index in [2.05, 4.69) is 25.5 Å².